The summed E-state index contributed by atoms with van der Waals surface area (Å²) in [7, 11) is 0. The zero-order valence-corrected chi connectivity index (χ0v) is 12.6. The Kier molecular flexibility index (Phi) is 4.61. The normalized spacial score (nSPS) is 25.0. The third-order valence-electron chi connectivity index (χ3n) is 3.60. The number of hydrogen-bond acceptors (Lipinski definition) is 2. The van der Waals surface area contributed by atoms with Gasteiger partial charge in [-0.05, 0) is 59.2 Å². The molecule has 0 radical (unpaired) electrons. The van der Waals surface area contributed by atoms with Crippen molar-refractivity contribution in [3.05, 3.63) is 33.4 Å². The van der Waals surface area contributed by atoms with Gasteiger partial charge in [0.1, 0.15) is 0 Å². The van der Waals surface area contributed by atoms with Gasteiger partial charge < -0.3 is 5.11 Å². The number of nitrogens with zero attached hydrogens (tertiary/aromatic N) is 1. The number of halogens is 1. The largest absolute Gasteiger partial charge is 0.481 e. The molecule has 0 aliphatic carbocycles. The van der Waals surface area contributed by atoms with Gasteiger partial charge in [0.05, 0.1) is 5.92 Å². The third-order valence-corrected chi connectivity index (χ3v) is 4.27. The van der Waals surface area contributed by atoms with E-state index in [1.54, 1.807) is 0 Å². The standard InChI is InChI=1S/C14H18INO2/c1-10-8-16(6-5-13(10)14(17)18)9-11-3-2-4-12(15)7-11/h2-4,7,10,13H,5-6,8-9H2,1H3,(H,17,18). The first-order valence-corrected chi connectivity index (χ1v) is 7.33. The van der Waals surface area contributed by atoms with Gasteiger partial charge in [0, 0.05) is 16.7 Å². The minimum Gasteiger partial charge on any atom is -0.481 e. The van der Waals surface area contributed by atoms with E-state index in [2.05, 4.69) is 51.8 Å². The van der Waals surface area contributed by atoms with E-state index in [9.17, 15) is 4.79 Å². The van der Waals surface area contributed by atoms with E-state index < -0.39 is 5.97 Å². The number of likely N-dealkylation sites (tertiary alicyclic amines) is 1. The van der Waals surface area contributed by atoms with Gasteiger partial charge >= 0.3 is 5.97 Å². The molecule has 2 atom stereocenters. The van der Waals surface area contributed by atoms with Gasteiger partial charge in [-0.2, -0.15) is 0 Å². The van der Waals surface area contributed by atoms with E-state index in [4.69, 9.17) is 5.11 Å². The van der Waals surface area contributed by atoms with Crippen molar-refractivity contribution in [1.29, 1.82) is 0 Å². The first-order valence-electron chi connectivity index (χ1n) is 6.26. The molecule has 3 nitrogen and oxygen atoms in total. The molecule has 0 aromatic heterocycles. The van der Waals surface area contributed by atoms with Crippen LogP contribution in [-0.4, -0.2) is 29.1 Å². The third kappa shape index (κ3) is 3.45. The van der Waals surface area contributed by atoms with Gasteiger partial charge in [-0.1, -0.05) is 19.1 Å². The molecule has 0 bridgehead atoms. The summed E-state index contributed by atoms with van der Waals surface area (Å²) in [6.07, 6.45) is 0.764. The second-order valence-corrected chi connectivity index (χ2v) is 6.32. The first kappa shape index (κ1) is 13.8. The second kappa shape index (κ2) is 6.02. The molecule has 1 aromatic carbocycles. The highest BCUT2D eigenvalue weighted by molar-refractivity contribution is 14.1. The first-order chi connectivity index (χ1) is 8.56. The van der Waals surface area contributed by atoms with E-state index in [1.165, 1.54) is 9.13 Å². The van der Waals surface area contributed by atoms with Crippen LogP contribution in [-0.2, 0) is 11.3 Å². The topological polar surface area (TPSA) is 40.5 Å². The molecule has 2 rings (SSSR count). The molecule has 2 unspecified atom stereocenters. The number of carboxylic acid groups (broad SMARTS) is 1. The number of benzene rings is 1. The summed E-state index contributed by atoms with van der Waals surface area (Å²) in [6, 6.07) is 8.48. The summed E-state index contributed by atoms with van der Waals surface area (Å²) in [4.78, 5) is 13.4. The molecular weight excluding hydrogens is 341 g/mol. The Morgan fingerprint density at radius 1 is 1.56 bits per heavy atom. The van der Waals surface area contributed by atoms with E-state index in [0.717, 1.165) is 26.1 Å². The van der Waals surface area contributed by atoms with Crippen LogP contribution in [0.2, 0.25) is 0 Å². The predicted octanol–water partition coefficient (Wildman–Crippen LogP) is 2.83. The Balaban J connectivity index is 1.95. The number of piperidine rings is 1. The Labute approximate surface area is 121 Å². The average molecular weight is 359 g/mol. The summed E-state index contributed by atoms with van der Waals surface area (Å²) in [5, 5.41) is 9.10. The number of carbonyl (C=O) groups is 1. The molecule has 1 fully saturated rings. The number of rotatable bonds is 3. The lowest BCUT2D eigenvalue weighted by atomic mass is 9.87. The minimum absolute atomic E-state index is 0.169. The molecule has 1 aromatic rings. The van der Waals surface area contributed by atoms with Crippen LogP contribution in [0.1, 0.15) is 18.9 Å². The lowest BCUT2D eigenvalue weighted by molar-refractivity contribution is -0.145. The fourth-order valence-electron chi connectivity index (χ4n) is 2.64. The van der Waals surface area contributed by atoms with Crippen molar-refractivity contribution in [3.63, 3.8) is 0 Å². The van der Waals surface area contributed by atoms with E-state index in [-0.39, 0.29) is 11.8 Å². The number of carboxylic acids is 1. The fraction of sp³-hybridized carbons (Fsp3) is 0.500. The maximum Gasteiger partial charge on any atom is 0.306 e. The van der Waals surface area contributed by atoms with Crippen molar-refractivity contribution >= 4 is 28.6 Å². The SMILES string of the molecule is CC1CN(Cc2cccc(I)c2)CCC1C(=O)O. The van der Waals surface area contributed by atoms with Crippen LogP contribution >= 0.6 is 22.6 Å². The van der Waals surface area contributed by atoms with Crippen molar-refractivity contribution in [1.82, 2.24) is 4.90 Å². The lowest BCUT2D eigenvalue weighted by Gasteiger charge is -2.34. The predicted molar refractivity (Wildman–Crippen MR) is 79.3 cm³/mol. The van der Waals surface area contributed by atoms with Crippen LogP contribution in [0.3, 0.4) is 0 Å². The zero-order chi connectivity index (χ0) is 13.1. The van der Waals surface area contributed by atoms with E-state index in [1.807, 2.05) is 6.92 Å². The van der Waals surface area contributed by atoms with Crippen LogP contribution < -0.4 is 0 Å². The lowest BCUT2D eigenvalue weighted by Crippen LogP contribution is -2.41. The van der Waals surface area contributed by atoms with Crippen molar-refractivity contribution in [2.75, 3.05) is 13.1 Å². The van der Waals surface area contributed by atoms with E-state index >= 15 is 0 Å². The van der Waals surface area contributed by atoms with Crippen molar-refractivity contribution in [2.24, 2.45) is 11.8 Å². The van der Waals surface area contributed by atoms with Crippen LogP contribution in [0.25, 0.3) is 0 Å². The highest BCUT2D eigenvalue weighted by atomic mass is 127. The van der Waals surface area contributed by atoms with Crippen LogP contribution in [0.5, 0.6) is 0 Å². The summed E-state index contributed by atoms with van der Waals surface area (Å²) >= 11 is 2.32. The molecule has 1 heterocycles. The number of hydrogen-bond donors (Lipinski definition) is 1. The summed E-state index contributed by atoms with van der Waals surface area (Å²) in [6.45, 7) is 4.72. The second-order valence-electron chi connectivity index (χ2n) is 5.08. The molecule has 18 heavy (non-hydrogen) atoms. The smallest absolute Gasteiger partial charge is 0.306 e. The molecule has 1 aliphatic rings. The Morgan fingerprint density at radius 3 is 2.94 bits per heavy atom. The molecule has 1 N–H and O–H groups in total. The Bertz CT molecular complexity index is 436. The van der Waals surface area contributed by atoms with Crippen LogP contribution in [0.15, 0.2) is 24.3 Å². The molecule has 1 saturated heterocycles. The van der Waals surface area contributed by atoms with Crippen molar-refractivity contribution in [3.8, 4) is 0 Å². The van der Waals surface area contributed by atoms with Gasteiger partial charge in [-0.3, -0.25) is 9.69 Å². The van der Waals surface area contributed by atoms with Gasteiger partial charge in [0.2, 0.25) is 0 Å². The maximum absolute atomic E-state index is 11.1. The Hall–Kier alpha value is -0.620. The van der Waals surface area contributed by atoms with E-state index in [0.29, 0.717) is 0 Å². The van der Waals surface area contributed by atoms with Crippen LogP contribution in [0, 0.1) is 15.4 Å². The molecule has 0 saturated carbocycles. The molecule has 1 aliphatic heterocycles. The highest BCUT2D eigenvalue weighted by Gasteiger charge is 2.30. The average Bonchev–Trinajstić information content (AvgIpc) is 2.28. The summed E-state index contributed by atoms with van der Waals surface area (Å²) in [5.74, 6) is -0.576. The van der Waals surface area contributed by atoms with Gasteiger partial charge in [-0.25, -0.2) is 0 Å². The molecular formula is C14H18INO2. The summed E-state index contributed by atoms with van der Waals surface area (Å²) in [5.41, 5.74) is 1.31. The molecule has 4 heteroatoms. The van der Waals surface area contributed by atoms with Gasteiger partial charge in [-0.15, -0.1) is 0 Å². The minimum atomic E-state index is -0.642. The summed E-state index contributed by atoms with van der Waals surface area (Å²) < 4.78 is 1.25. The van der Waals surface area contributed by atoms with Gasteiger partial charge in [0.15, 0.2) is 0 Å². The molecule has 0 spiro atoms. The van der Waals surface area contributed by atoms with Crippen molar-refractivity contribution < 1.29 is 9.90 Å². The quantitative estimate of drug-likeness (QED) is 0.844. The number of aliphatic carboxylic acids is 1. The molecule has 0 amide bonds. The molecule has 98 valence electrons. The monoisotopic (exact) mass is 359 g/mol. The maximum atomic E-state index is 11.1. The highest BCUT2D eigenvalue weighted by Crippen LogP contribution is 2.24. The van der Waals surface area contributed by atoms with Crippen molar-refractivity contribution in [2.45, 2.75) is 19.9 Å². The fourth-order valence-corrected chi connectivity index (χ4v) is 3.24. The zero-order valence-electron chi connectivity index (χ0n) is 10.5. The van der Waals surface area contributed by atoms with Gasteiger partial charge in [0.25, 0.3) is 0 Å². The Morgan fingerprint density at radius 2 is 2.33 bits per heavy atom. The van der Waals surface area contributed by atoms with Crippen LogP contribution in [0.4, 0.5) is 0 Å².